The molecule has 2 rings (SSSR count). The second kappa shape index (κ2) is 11.1. The van der Waals surface area contributed by atoms with Gasteiger partial charge in [0, 0.05) is 24.8 Å². The molecular weight excluding hydrogens is 482 g/mol. The summed E-state index contributed by atoms with van der Waals surface area (Å²) in [5.74, 6) is -2.68. The summed E-state index contributed by atoms with van der Waals surface area (Å²) in [6.07, 6.45) is -3.53. The predicted molar refractivity (Wildman–Crippen MR) is 115 cm³/mol. The fraction of sp³-hybridized carbons (Fsp3) is 0.333. The highest BCUT2D eigenvalue weighted by molar-refractivity contribution is 6.31. The lowest BCUT2D eigenvalue weighted by molar-refractivity contribution is -0.137. The molecule has 184 valence electrons. The van der Waals surface area contributed by atoms with Gasteiger partial charge in [-0.25, -0.2) is 14.6 Å². The Labute approximate surface area is 197 Å². The summed E-state index contributed by atoms with van der Waals surface area (Å²) in [7, 11) is 0. The highest BCUT2D eigenvalue weighted by Crippen LogP contribution is 2.30. The molecule has 34 heavy (non-hydrogen) atoms. The van der Waals surface area contributed by atoms with Crippen molar-refractivity contribution in [2.75, 3.05) is 13.1 Å². The molecule has 1 aromatic heterocycles. The number of carbonyl (C=O) groups excluding carboxylic acids is 3. The molecule has 0 aliphatic carbocycles. The number of nitrogens with zero attached hydrogens (tertiary/aromatic N) is 2. The van der Waals surface area contributed by atoms with Crippen molar-refractivity contribution in [2.24, 2.45) is 0 Å². The van der Waals surface area contributed by atoms with Crippen LogP contribution in [0.4, 0.5) is 22.4 Å². The van der Waals surface area contributed by atoms with Crippen LogP contribution in [0.25, 0.3) is 0 Å². The van der Waals surface area contributed by atoms with E-state index >= 15 is 0 Å². The average molecular weight is 504 g/mol. The third-order valence-electron chi connectivity index (χ3n) is 4.70. The first-order chi connectivity index (χ1) is 15.9. The first kappa shape index (κ1) is 26.8. The Kier molecular flexibility index (Phi) is 8.80. The number of benzene rings is 1. The van der Waals surface area contributed by atoms with Crippen LogP contribution in [0, 0.1) is 5.82 Å². The Balaban J connectivity index is 2.01. The zero-order chi connectivity index (χ0) is 25.6. The van der Waals surface area contributed by atoms with Crippen LogP contribution in [0.15, 0.2) is 30.5 Å². The summed E-state index contributed by atoms with van der Waals surface area (Å²) < 4.78 is 51.8. The number of alkyl halides is 3. The van der Waals surface area contributed by atoms with Crippen LogP contribution in [-0.2, 0) is 6.18 Å². The lowest BCUT2D eigenvalue weighted by Crippen LogP contribution is -2.47. The minimum absolute atomic E-state index is 0.120. The minimum atomic E-state index is -4.85. The number of aromatic nitrogens is 1. The van der Waals surface area contributed by atoms with Crippen molar-refractivity contribution in [3.05, 3.63) is 63.7 Å². The van der Waals surface area contributed by atoms with Gasteiger partial charge < -0.3 is 10.2 Å². The molecule has 0 radical (unpaired) electrons. The van der Waals surface area contributed by atoms with E-state index in [1.54, 1.807) is 4.90 Å². The van der Waals surface area contributed by atoms with Crippen molar-refractivity contribution >= 4 is 29.4 Å². The molecule has 2 aromatic rings. The van der Waals surface area contributed by atoms with Crippen molar-refractivity contribution in [2.45, 2.75) is 33.0 Å². The number of nitrogens with one attached hydrogen (secondary N) is 3. The Bertz CT molecular complexity index is 1080. The number of urea groups is 1. The molecule has 1 atom stereocenters. The molecule has 0 spiro atoms. The first-order valence-corrected chi connectivity index (χ1v) is 10.4. The Hall–Kier alpha value is -3.41. The van der Waals surface area contributed by atoms with Crippen LogP contribution in [0.2, 0.25) is 5.02 Å². The van der Waals surface area contributed by atoms with Crippen molar-refractivity contribution in [3.63, 3.8) is 0 Å². The van der Waals surface area contributed by atoms with Crippen molar-refractivity contribution in [1.29, 1.82) is 0 Å². The van der Waals surface area contributed by atoms with Gasteiger partial charge in [0.1, 0.15) is 5.82 Å². The van der Waals surface area contributed by atoms with E-state index in [1.807, 2.05) is 24.7 Å². The van der Waals surface area contributed by atoms with Gasteiger partial charge in [-0.3, -0.25) is 20.0 Å². The standard InChI is InChI=1S/C21H22ClF4N5O3/c1-4-31(5-2)19(33)13-8-16(22)17(27-10-13)11(3)28-20(34)30-29-18(32)12-6-14(21(24,25)26)9-15(23)7-12/h6-11H,4-5H2,1-3H3,(H,29,32)(H2,28,30,34)/t11-/m1/s1. The second-order valence-electron chi connectivity index (χ2n) is 7.07. The molecule has 3 N–H and O–H groups in total. The van der Waals surface area contributed by atoms with Crippen LogP contribution in [0.3, 0.4) is 0 Å². The smallest absolute Gasteiger partial charge is 0.339 e. The average Bonchev–Trinajstić information content (AvgIpc) is 2.76. The van der Waals surface area contributed by atoms with Gasteiger partial charge in [0.25, 0.3) is 11.8 Å². The molecule has 4 amide bonds. The molecule has 0 unspecified atom stereocenters. The van der Waals surface area contributed by atoms with Gasteiger partial charge in [-0.1, -0.05) is 11.6 Å². The molecule has 13 heteroatoms. The van der Waals surface area contributed by atoms with Gasteiger partial charge in [-0.2, -0.15) is 13.2 Å². The first-order valence-electron chi connectivity index (χ1n) is 10.1. The third kappa shape index (κ3) is 6.80. The molecule has 0 aliphatic rings. The molecule has 0 saturated heterocycles. The maximum Gasteiger partial charge on any atom is 0.416 e. The van der Waals surface area contributed by atoms with Crippen molar-refractivity contribution in [3.8, 4) is 0 Å². The molecule has 0 saturated carbocycles. The Morgan fingerprint density at radius 1 is 1.06 bits per heavy atom. The number of rotatable bonds is 6. The Morgan fingerprint density at radius 2 is 1.71 bits per heavy atom. The molecule has 8 nitrogen and oxygen atoms in total. The van der Waals surface area contributed by atoms with Crippen molar-refractivity contribution in [1.82, 2.24) is 26.1 Å². The number of hydrogen-bond acceptors (Lipinski definition) is 4. The number of pyridine rings is 1. The Morgan fingerprint density at radius 3 is 2.26 bits per heavy atom. The number of halogens is 5. The monoisotopic (exact) mass is 503 g/mol. The highest BCUT2D eigenvalue weighted by Gasteiger charge is 2.32. The van der Waals surface area contributed by atoms with E-state index < -0.39 is 41.1 Å². The lowest BCUT2D eigenvalue weighted by atomic mass is 10.1. The quantitative estimate of drug-likeness (QED) is 0.408. The summed E-state index contributed by atoms with van der Waals surface area (Å²) in [6.45, 7) is 6.20. The van der Waals surface area contributed by atoms with Gasteiger partial charge in [-0.15, -0.1) is 0 Å². The zero-order valence-electron chi connectivity index (χ0n) is 18.4. The predicted octanol–water partition coefficient (Wildman–Crippen LogP) is 4.08. The lowest BCUT2D eigenvalue weighted by Gasteiger charge is -2.20. The summed E-state index contributed by atoms with van der Waals surface area (Å²) >= 11 is 6.21. The molecule has 0 fully saturated rings. The molecule has 1 heterocycles. The second-order valence-corrected chi connectivity index (χ2v) is 7.48. The highest BCUT2D eigenvalue weighted by atomic mass is 35.5. The zero-order valence-corrected chi connectivity index (χ0v) is 19.1. The molecule has 1 aromatic carbocycles. The van der Waals surface area contributed by atoms with E-state index in [2.05, 4.69) is 10.3 Å². The third-order valence-corrected chi connectivity index (χ3v) is 5.00. The van der Waals surface area contributed by atoms with E-state index in [0.29, 0.717) is 25.2 Å². The summed E-state index contributed by atoms with van der Waals surface area (Å²) in [4.78, 5) is 42.2. The van der Waals surface area contributed by atoms with Crippen LogP contribution >= 0.6 is 11.6 Å². The summed E-state index contributed by atoms with van der Waals surface area (Å²) in [5, 5.41) is 2.54. The molecule has 0 aliphatic heterocycles. The van der Waals surface area contributed by atoms with Gasteiger partial charge >= 0.3 is 12.2 Å². The number of carbonyl (C=O) groups is 3. The van der Waals surface area contributed by atoms with E-state index in [-0.39, 0.29) is 28.3 Å². The van der Waals surface area contributed by atoms with Gasteiger partial charge in [-0.05, 0) is 45.0 Å². The van der Waals surface area contributed by atoms with E-state index in [0.717, 1.165) is 0 Å². The van der Waals surface area contributed by atoms with E-state index in [9.17, 15) is 31.9 Å². The van der Waals surface area contributed by atoms with Crippen LogP contribution in [0.1, 0.15) is 58.8 Å². The van der Waals surface area contributed by atoms with Gasteiger partial charge in [0.15, 0.2) is 0 Å². The van der Waals surface area contributed by atoms with Crippen LogP contribution in [0.5, 0.6) is 0 Å². The fourth-order valence-electron chi connectivity index (χ4n) is 2.95. The molecule has 0 bridgehead atoms. The number of hydrazine groups is 1. The maximum absolute atomic E-state index is 13.5. The SMILES string of the molecule is CCN(CC)C(=O)c1cnc([C@@H](C)NC(=O)NNC(=O)c2cc(F)cc(C(F)(F)F)c2)c(Cl)c1. The number of amides is 4. The summed E-state index contributed by atoms with van der Waals surface area (Å²) in [6, 6.07) is 1.01. The maximum atomic E-state index is 13.5. The fourth-order valence-corrected chi connectivity index (χ4v) is 3.28. The van der Waals surface area contributed by atoms with E-state index in [1.165, 1.54) is 19.2 Å². The van der Waals surface area contributed by atoms with Gasteiger partial charge in [0.2, 0.25) is 0 Å². The van der Waals surface area contributed by atoms with Gasteiger partial charge in [0.05, 0.1) is 27.9 Å². The topological polar surface area (TPSA) is 103 Å². The van der Waals surface area contributed by atoms with E-state index in [4.69, 9.17) is 11.6 Å². The van der Waals surface area contributed by atoms with Crippen LogP contribution in [-0.4, -0.2) is 40.8 Å². The minimum Gasteiger partial charge on any atom is -0.339 e. The molecular formula is C21H22ClF4N5O3. The normalized spacial score (nSPS) is 12.0. The number of hydrogen-bond donors (Lipinski definition) is 3. The largest absolute Gasteiger partial charge is 0.416 e. The summed E-state index contributed by atoms with van der Waals surface area (Å²) in [5.41, 5.74) is 2.36. The van der Waals surface area contributed by atoms with Crippen molar-refractivity contribution < 1.29 is 31.9 Å². The van der Waals surface area contributed by atoms with Crippen LogP contribution < -0.4 is 16.2 Å².